The summed E-state index contributed by atoms with van der Waals surface area (Å²) < 4.78 is 0. The highest BCUT2D eigenvalue weighted by molar-refractivity contribution is 6.06. The molecule has 18 heavy (non-hydrogen) atoms. The smallest absolute Gasteiger partial charge is 0.384 e. The molecule has 0 aromatic heterocycles. The fraction of sp³-hybridized carbons (Fsp3) is 0.250. The number of benzene rings is 1. The molecule has 0 saturated heterocycles. The van der Waals surface area contributed by atoms with E-state index in [0.717, 1.165) is 0 Å². The van der Waals surface area contributed by atoms with Crippen LogP contribution >= 0.6 is 0 Å². The monoisotopic (exact) mass is 245 g/mol. The van der Waals surface area contributed by atoms with Crippen molar-refractivity contribution >= 4 is 47.6 Å². The third-order valence-electron chi connectivity index (χ3n) is 2.62. The molecule has 0 spiro atoms. The molecule has 0 aliphatic rings. The van der Waals surface area contributed by atoms with Crippen molar-refractivity contribution in [3.8, 4) is 6.57 Å². The first-order chi connectivity index (χ1) is 8.69. The van der Waals surface area contributed by atoms with Crippen LogP contribution in [0.1, 0.15) is 0 Å². The van der Waals surface area contributed by atoms with Gasteiger partial charge in [0.05, 0.1) is 5.69 Å². The Morgan fingerprint density at radius 1 is 0.889 bits per heavy atom. The van der Waals surface area contributed by atoms with Gasteiger partial charge in [0.15, 0.2) is 11.4 Å². The fourth-order valence-corrected chi connectivity index (χ4v) is 1.87. The number of nitrogens with one attached hydrogen (secondary N) is 3. The van der Waals surface area contributed by atoms with Crippen molar-refractivity contribution in [3.63, 3.8) is 0 Å². The zero-order chi connectivity index (χ0) is 13.7. The summed E-state index contributed by atoms with van der Waals surface area (Å²) in [4.78, 5) is 11.8. The minimum absolute atomic E-state index is 0.531. The molecule has 6 nitrogen and oxygen atoms in total. The summed E-state index contributed by atoms with van der Waals surface area (Å²) in [6, 6.07) is 0. The van der Waals surface area contributed by atoms with E-state index in [1.54, 1.807) is 21.1 Å². The third kappa shape index (κ3) is 1.86. The van der Waals surface area contributed by atoms with Crippen LogP contribution in [0.25, 0.3) is 4.85 Å². The normalized spacial score (nSPS) is 9.22. The van der Waals surface area contributed by atoms with Gasteiger partial charge < -0.3 is 16.0 Å². The van der Waals surface area contributed by atoms with Crippen LogP contribution in [0.3, 0.4) is 0 Å². The Labute approximate surface area is 107 Å². The Balaban J connectivity index is 3.90. The lowest BCUT2D eigenvalue weighted by atomic mass is 10.1. The third-order valence-corrected chi connectivity index (χ3v) is 2.62. The lowest BCUT2D eigenvalue weighted by Crippen LogP contribution is -1.99. The van der Waals surface area contributed by atoms with Gasteiger partial charge >= 0.3 is 5.69 Å². The number of nitrogens with zero attached hydrogens (tertiary/aromatic N) is 3. The lowest BCUT2D eigenvalue weighted by molar-refractivity contribution is 1.39. The molecule has 1 aromatic carbocycles. The topological polar surface area (TPSA) is 65.2 Å². The maximum atomic E-state index is 5.44. The zero-order valence-corrected chi connectivity index (χ0v) is 10.8. The van der Waals surface area contributed by atoms with Gasteiger partial charge in [0.1, 0.15) is 11.4 Å². The number of hydrogen-bond donors (Lipinski definition) is 3. The summed E-state index contributed by atoms with van der Waals surface area (Å²) in [5.74, 6) is 0. The van der Waals surface area contributed by atoms with E-state index in [-0.39, 0.29) is 0 Å². The summed E-state index contributed by atoms with van der Waals surface area (Å²) in [7, 11) is 5.30. The minimum Gasteiger partial charge on any atom is -0.384 e. The summed E-state index contributed by atoms with van der Waals surface area (Å²) >= 11 is 0. The molecule has 3 N–H and O–H groups in total. The number of hydrogen-bond acceptors (Lipinski definition) is 5. The largest absolute Gasteiger partial charge is 0.390 e. The average molecular weight is 245 g/mol. The van der Waals surface area contributed by atoms with E-state index in [1.807, 2.05) is 0 Å². The molecule has 0 aliphatic heterocycles. The maximum Gasteiger partial charge on any atom is 0.390 e. The van der Waals surface area contributed by atoms with Gasteiger partial charge in [0, 0.05) is 21.1 Å². The molecule has 0 fully saturated rings. The fourth-order valence-electron chi connectivity index (χ4n) is 1.87. The van der Waals surface area contributed by atoms with Gasteiger partial charge in [-0.05, 0) is 18.3 Å². The molecule has 0 radical (unpaired) electrons. The van der Waals surface area contributed by atoms with Crippen molar-refractivity contribution in [2.45, 2.75) is 0 Å². The first-order valence-electron chi connectivity index (χ1n) is 5.31. The highest BCUT2D eigenvalue weighted by Gasteiger charge is 2.28. The molecule has 0 bridgehead atoms. The molecular formula is C12H17N6+. The van der Waals surface area contributed by atoms with E-state index >= 15 is 0 Å². The van der Waals surface area contributed by atoms with E-state index in [2.05, 4.69) is 44.2 Å². The molecule has 0 amide bonds. The Morgan fingerprint density at radius 2 is 1.28 bits per heavy atom. The van der Waals surface area contributed by atoms with E-state index in [0.29, 0.717) is 34.1 Å². The van der Waals surface area contributed by atoms with Crippen LogP contribution in [-0.2, 0) is 0 Å². The molecule has 0 saturated carbocycles. The SMILES string of the molecule is C#[N+]c1c(NC)c(N=C)c(NC)c(N=C)c1NC. The van der Waals surface area contributed by atoms with Crippen molar-refractivity contribution in [2.24, 2.45) is 9.98 Å². The maximum absolute atomic E-state index is 5.44. The second kappa shape index (κ2) is 5.68. The van der Waals surface area contributed by atoms with Crippen LogP contribution in [0.4, 0.5) is 34.1 Å². The Morgan fingerprint density at radius 3 is 1.50 bits per heavy atom. The number of anilines is 3. The Hall–Kier alpha value is -2.55. The predicted molar refractivity (Wildman–Crippen MR) is 81.5 cm³/mol. The van der Waals surface area contributed by atoms with Gasteiger partial charge in [-0.15, -0.1) is 0 Å². The molecule has 1 rings (SSSR count). The second-order valence-electron chi connectivity index (χ2n) is 3.37. The molecule has 6 heteroatoms. The summed E-state index contributed by atoms with van der Waals surface area (Å²) in [6.07, 6.45) is 0. The summed E-state index contributed by atoms with van der Waals surface area (Å²) in [6.45, 7) is 12.6. The van der Waals surface area contributed by atoms with Crippen molar-refractivity contribution in [1.29, 1.82) is 0 Å². The molecule has 0 unspecified atom stereocenters. The van der Waals surface area contributed by atoms with Crippen molar-refractivity contribution in [2.75, 3.05) is 37.1 Å². The van der Waals surface area contributed by atoms with Crippen LogP contribution in [0.2, 0.25) is 0 Å². The van der Waals surface area contributed by atoms with Crippen molar-refractivity contribution in [1.82, 2.24) is 0 Å². The molecule has 0 aliphatic carbocycles. The van der Waals surface area contributed by atoms with E-state index < -0.39 is 0 Å². The van der Waals surface area contributed by atoms with Crippen LogP contribution < -0.4 is 16.0 Å². The summed E-state index contributed by atoms with van der Waals surface area (Å²) in [5, 5.41) is 9.07. The van der Waals surface area contributed by atoms with E-state index in [9.17, 15) is 0 Å². The van der Waals surface area contributed by atoms with Gasteiger partial charge in [-0.25, -0.2) is 0 Å². The molecule has 94 valence electrons. The quantitative estimate of drug-likeness (QED) is 0.698. The zero-order valence-electron chi connectivity index (χ0n) is 10.8. The number of rotatable bonds is 5. The molecule has 0 atom stereocenters. The van der Waals surface area contributed by atoms with Crippen LogP contribution in [0, 0.1) is 6.57 Å². The van der Waals surface area contributed by atoms with Crippen LogP contribution in [0.5, 0.6) is 0 Å². The van der Waals surface area contributed by atoms with Crippen LogP contribution in [-0.4, -0.2) is 34.6 Å². The molecular weight excluding hydrogens is 228 g/mol. The standard InChI is InChI=1S/C12H17N6/c1-13-7-8(14-2)10(16-4)12(18-6)11(17-5)9(7)15-3/h1,14-15,18H,4-5H2,2-3,6H3/q+1. The van der Waals surface area contributed by atoms with E-state index in [4.69, 9.17) is 6.57 Å². The summed E-state index contributed by atoms with van der Waals surface area (Å²) in [5.41, 5.74) is 3.79. The molecule has 1 aromatic rings. The van der Waals surface area contributed by atoms with Gasteiger partial charge in [-0.3, -0.25) is 9.98 Å². The van der Waals surface area contributed by atoms with Gasteiger partial charge in [0.25, 0.3) is 6.57 Å². The van der Waals surface area contributed by atoms with Crippen molar-refractivity contribution in [3.05, 3.63) is 4.85 Å². The van der Waals surface area contributed by atoms with E-state index in [1.165, 1.54) is 0 Å². The Bertz CT molecular complexity index is 489. The first kappa shape index (κ1) is 13.5. The predicted octanol–water partition coefficient (Wildman–Crippen LogP) is 3.07. The van der Waals surface area contributed by atoms with Gasteiger partial charge in [0.2, 0.25) is 0 Å². The van der Waals surface area contributed by atoms with Crippen molar-refractivity contribution < 1.29 is 0 Å². The average Bonchev–Trinajstić information content (AvgIpc) is 2.43. The highest BCUT2D eigenvalue weighted by Crippen LogP contribution is 2.53. The Kier molecular flexibility index (Phi) is 4.27. The second-order valence-corrected chi connectivity index (χ2v) is 3.37. The highest BCUT2D eigenvalue weighted by atomic mass is 15.0. The minimum atomic E-state index is 0.531. The molecule has 0 heterocycles. The number of aliphatic imine (C=N–C) groups is 2. The van der Waals surface area contributed by atoms with Gasteiger partial charge in [-0.2, -0.15) is 0 Å². The van der Waals surface area contributed by atoms with Gasteiger partial charge in [-0.1, -0.05) is 0 Å². The first-order valence-corrected chi connectivity index (χ1v) is 5.31. The lowest BCUT2D eigenvalue weighted by Gasteiger charge is -2.15. The van der Waals surface area contributed by atoms with Crippen LogP contribution in [0.15, 0.2) is 9.98 Å².